The number of aromatic nitrogens is 2. The standard InChI is InChI=1S/C17H12BrN3O3S/c18-12-5-3-11(4-6-12)13(22)10-25-16-8-7-15(20-21-16)19-17(23)14-2-1-9-24-14/h1-9H,10H2,(H,19,20,23). The predicted octanol–water partition coefficient (Wildman–Crippen LogP) is 4.06. The van der Waals surface area contributed by atoms with Crippen molar-refractivity contribution in [3.05, 3.63) is 70.6 Å². The molecule has 25 heavy (non-hydrogen) atoms. The summed E-state index contributed by atoms with van der Waals surface area (Å²) in [6, 6.07) is 13.7. The molecule has 0 bridgehead atoms. The van der Waals surface area contributed by atoms with Gasteiger partial charge in [-0.15, -0.1) is 10.2 Å². The van der Waals surface area contributed by atoms with E-state index in [9.17, 15) is 9.59 Å². The fourth-order valence-corrected chi connectivity index (χ4v) is 2.88. The van der Waals surface area contributed by atoms with Crippen LogP contribution in [0.25, 0.3) is 0 Å². The fourth-order valence-electron chi connectivity index (χ4n) is 1.91. The van der Waals surface area contributed by atoms with Crippen molar-refractivity contribution in [1.82, 2.24) is 10.2 Å². The van der Waals surface area contributed by atoms with E-state index in [1.807, 2.05) is 12.1 Å². The van der Waals surface area contributed by atoms with Crippen LogP contribution in [0.1, 0.15) is 20.9 Å². The summed E-state index contributed by atoms with van der Waals surface area (Å²) in [4.78, 5) is 24.0. The second kappa shape index (κ2) is 8.09. The van der Waals surface area contributed by atoms with Crippen molar-refractivity contribution in [2.24, 2.45) is 0 Å². The summed E-state index contributed by atoms with van der Waals surface area (Å²) in [5.74, 6) is 0.374. The van der Waals surface area contributed by atoms with E-state index >= 15 is 0 Å². The van der Waals surface area contributed by atoms with Gasteiger partial charge in [0.05, 0.1) is 12.0 Å². The average Bonchev–Trinajstić information content (AvgIpc) is 3.16. The molecule has 0 fully saturated rings. The first-order chi connectivity index (χ1) is 12.1. The highest BCUT2D eigenvalue weighted by molar-refractivity contribution is 9.10. The van der Waals surface area contributed by atoms with Gasteiger partial charge in [-0.25, -0.2) is 0 Å². The van der Waals surface area contributed by atoms with Gasteiger partial charge < -0.3 is 9.73 Å². The summed E-state index contributed by atoms with van der Waals surface area (Å²) in [6.45, 7) is 0. The Hall–Kier alpha value is -2.45. The largest absolute Gasteiger partial charge is 0.459 e. The molecule has 0 spiro atoms. The van der Waals surface area contributed by atoms with Gasteiger partial charge in [-0.1, -0.05) is 39.8 Å². The van der Waals surface area contributed by atoms with E-state index in [2.05, 4.69) is 31.4 Å². The number of nitrogens with one attached hydrogen (secondary N) is 1. The molecule has 0 aliphatic heterocycles. The predicted molar refractivity (Wildman–Crippen MR) is 97.9 cm³/mol. The van der Waals surface area contributed by atoms with Gasteiger partial charge in [0, 0.05) is 10.0 Å². The zero-order chi connectivity index (χ0) is 17.6. The second-order valence-corrected chi connectivity index (χ2v) is 6.82. The number of nitrogens with zero attached hydrogens (tertiary/aromatic N) is 2. The van der Waals surface area contributed by atoms with Gasteiger partial charge in [0.1, 0.15) is 5.03 Å². The minimum atomic E-state index is -0.398. The Morgan fingerprint density at radius 1 is 1.08 bits per heavy atom. The van der Waals surface area contributed by atoms with Crippen LogP contribution in [0.3, 0.4) is 0 Å². The molecule has 3 rings (SSSR count). The number of benzene rings is 1. The number of hydrogen-bond donors (Lipinski definition) is 1. The Kier molecular flexibility index (Phi) is 5.62. The molecule has 0 saturated heterocycles. The molecule has 1 aromatic carbocycles. The van der Waals surface area contributed by atoms with Gasteiger partial charge in [0.2, 0.25) is 0 Å². The van der Waals surface area contributed by atoms with Gasteiger partial charge in [0.25, 0.3) is 5.91 Å². The molecule has 0 saturated carbocycles. The number of anilines is 1. The molecule has 0 aliphatic carbocycles. The number of halogens is 1. The molecule has 6 nitrogen and oxygen atoms in total. The van der Waals surface area contributed by atoms with Crippen LogP contribution >= 0.6 is 27.7 Å². The van der Waals surface area contributed by atoms with E-state index in [0.29, 0.717) is 16.4 Å². The Bertz CT molecular complexity index is 865. The number of hydrogen-bond acceptors (Lipinski definition) is 6. The summed E-state index contributed by atoms with van der Waals surface area (Å²) in [7, 11) is 0. The first-order valence-corrected chi connectivity index (χ1v) is 9.00. The Morgan fingerprint density at radius 3 is 2.52 bits per heavy atom. The van der Waals surface area contributed by atoms with Crippen molar-refractivity contribution in [2.75, 3.05) is 11.1 Å². The van der Waals surface area contributed by atoms with Crippen LogP contribution in [-0.2, 0) is 0 Å². The molecule has 0 atom stereocenters. The number of ketones is 1. The first kappa shape index (κ1) is 17.4. The third-order valence-electron chi connectivity index (χ3n) is 3.14. The fraction of sp³-hybridized carbons (Fsp3) is 0.0588. The van der Waals surface area contributed by atoms with Crippen molar-refractivity contribution < 1.29 is 14.0 Å². The van der Waals surface area contributed by atoms with Crippen LogP contribution in [-0.4, -0.2) is 27.6 Å². The SMILES string of the molecule is O=C(CSc1ccc(NC(=O)c2ccco2)nn1)c1ccc(Br)cc1. The van der Waals surface area contributed by atoms with Crippen molar-refractivity contribution >= 4 is 45.2 Å². The van der Waals surface area contributed by atoms with Gasteiger partial charge >= 0.3 is 0 Å². The monoisotopic (exact) mass is 417 g/mol. The summed E-state index contributed by atoms with van der Waals surface area (Å²) >= 11 is 4.62. The highest BCUT2D eigenvalue weighted by atomic mass is 79.9. The normalized spacial score (nSPS) is 10.4. The van der Waals surface area contributed by atoms with E-state index in [1.165, 1.54) is 18.0 Å². The van der Waals surface area contributed by atoms with Crippen molar-refractivity contribution in [2.45, 2.75) is 5.03 Å². The Morgan fingerprint density at radius 2 is 1.88 bits per heavy atom. The quantitative estimate of drug-likeness (QED) is 0.480. The van der Waals surface area contributed by atoms with E-state index in [4.69, 9.17) is 4.42 Å². The molecule has 0 aliphatic rings. The lowest BCUT2D eigenvalue weighted by atomic mass is 10.2. The maximum Gasteiger partial charge on any atom is 0.292 e. The zero-order valence-corrected chi connectivity index (χ0v) is 15.2. The van der Waals surface area contributed by atoms with Gasteiger partial charge in [-0.05, 0) is 36.4 Å². The van der Waals surface area contributed by atoms with Gasteiger partial charge in [0.15, 0.2) is 17.4 Å². The lowest BCUT2D eigenvalue weighted by Gasteiger charge is -2.03. The molecule has 0 radical (unpaired) electrons. The van der Waals surface area contributed by atoms with Crippen molar-refractivity contribution in [3.63, 3.8) is 0 Å². The molecule has 0 unspecified atom stereocenters. The van der Waals surface area contributed by atoms with E-state index in [0.717, 1.165) is 4.47 Å². The summed E-state index contributed by atoms with van der Waals surface area (Å²) < 4.78 is 5.93. The number of carbonyl (C=O) groups excluding carboxylic acids is 2. The number of carbonyl (C=O) groups is 2. The highest BCUT2D eigenvalue weighted by Gasteiger charge is 2.11. The summed E-state index contributed by atoms with van der Waals surface area (Å²) in [5.41, 5.74) is 0.644. The minimum Gasteiger partial charge on any atom is -0.459 e. The smallest absolute Gasteiger partial charge is 0.292 e. The highest BCUT2D eigenvalue weighted by Crippen LogP contribution is 2.18. The molecule has 1 N–H and O–H groups in total. The molecule has 8 heteroatoms. The van der Waals surface area contributed by atoms with E-state index < -0.39 is 5.91 Å². The molecule has 2 aromatic heterocycles. The Balaban J connectivity index is 1.54. The van der Waals surface area contributed by atoms with Crippen LogP contribution in [0, 0.1) is 0 Å². The van der Waals surface area contributed by atoms with Crippen LogP contribution in [0.2, 0.25) is 0 Å². The van der Waals surface area contributed by atoms with Crippen LogP contribution in [0.4, 0.5) is 5.82 Å². The lowest BCUT2D eigenvalue weighted by molar-refractivity contribution is 0.0993. The summed E-state index contributed by atoms with van der Waals surface area (Å²) in [6.07, 6.45) is 1.42. The van der Waals surface area contributed by atoms with Gasteiger partial charge in [-0.3, -0.25) is 9.59 Å². The maximum atomic E-state index is 12.1. The lowest BCUT2D eigenvalue weighted by Crippen LogP contribution is -2.12. The number of furan rings is 1. The van der Waals surface area contributed by atoms with Crippen LogP contribution in [0.15, 0.2) is 68.7 Å². The average molecular weight is 418 g/mol. The molecule has 1 amide bonds. The van der Waals surface area contributed by atoms with Crippen LogP contribution in [0.5, 0.6) is 0 Å². The summed E-state index contributed by atoms with van der Waals surface area (Å²) in [5, 5.41) is 11.1. The zero-order valence-electron chi connectivity index (χ0n) is 12.8. The van der Waals surface area contributed by atoms with Crippen LogP contribution < -0.4 is 5.32 Å². The maximum absolute atomic E-state index is 12.1. The number of rotatable bonds is 6. The second-order valence-electron chi connectivity index (χ2n) is 4.91. The van der Waals surface area contributed by atoms with Crippen molar-refractivity contribution in [3.8, 4) is 0 Å². The third-order valence-corrected chi connectivity index (χ3v) is 4.59. The minimum absolute atomic E-state index is 0.00880. The number of thioether (sulfide) groups is 1. The number of Topliss-reactive ketones (excluding diaryl/α,β-unsaturated/α-hetero) is 1. The number of amides is 1. The topological polar surface area (TPSA) is 85.1 Å². The van der Waals surface area contributed by atoms with E-state index in [-0.39, 0.29) is 17.3 Å². The third kappa shape index (κ3) is 4.77. The molecule has 126 valence electrons. The molecule has 2 heterocycles. The Labute approximate surface area is 156 Å². The first-order valence-electron chi connectivity index (χ1n) is 7.22. The van der Waals surface area contributed by atoms with Crippen molar-refractivity contribution in [1.29, 1.82) is 0 Å². The van der Waals surface area contributed by atoms with E-state index in [1.54, 1.807) is 36.4 Å². The molecular formula is C17H12BrN3O3S. The molecular weight excluding hydrogens is 406 g/mol. The van der Waals surface area contributed by atoms with Gasteiger partial charge in [-0.2, -0.15) is 0 Å². The molecule has 3 aromatic rings.